The van der Waals surface area contributed by atoms with Crippen molar-refractivity contribution in [1.29, 1.82) is 0 Å². The molecule has 21 heavy (non-hydrogen) atoms. The molecule has 0 fully saturated rings. The van der Waals surface area contributed by atoms with E-state index < -0.39 is 17.6 Å². The van der Waals surface area contributed by atoms with Crippen LogP contribution in [0.2, 0.25) is 5.15 Å². The van der Waals surface area contributed by atoms with Crippen molar-refractivity contribution in [3.8, 4) is 0 Å². The molecule has 0 atom stereocenters. The molecule has 1 aromatic heterocycles. The van der Waals surface area contributed by atoms with E-state index in [1.54, 1.807) is 0 Å². The van der Waals surface area contributed by atoms with Gasteiger partial charge in [-0.15, -0.1) is 0 Å². The van der Waals surface area contributed by atoms with Gasteiger partial charge in [0.15, 0.2) is 5.15 Å². The van der Waals surface area contributed by atoms with Gasteiger partial charge in [-0.1, -0.05) is 23.3 Å². The zero-order valence-corrected chi connectivity index (χ0v) is 11.3. The summed E-state index contributed by atoms with van der Waals surface area (Å²) >= 11 is 5.54. The van der Waals surface area contributed by atoms with E-state index in [4.69, 9.17) is 11.6 Å². The van der Waals surface area contributed by atoms with E-state index in [1.807, 2.05) is 0 Å². The molecule has 2 N–H and O–H groups in total. The van der Waals surface area contributed by atoms with Gasteiger partial charge in [-0.3, -0.25) is 9.59 Å². The van der Waals surface area contributed by atoms with E-state index in [0.717, 1.165) is 12.1 Å². The Morgan fingerprint density at radius 3 is 2.71 bits per heavy atom. The summed E-state index contributed by atoms with van der Waals surface area (Å²) in [4.78, 5) is 23.0. The smallest absolute Gasteiger partial charge is 0.294 e. The fourth-order valence-electron chi connectivity index (χ4n) is 1.44. The normalized spacial score (nSPS) is 10.0. The Bertz CT molecular complexity index is 714. The van der Waals surface area contributed by atoms with Crippen LogP contribution in [0.3, 0.4) is 0 Å². The number of nitrogens with zero attached hydrogens (tertiary/aromatic N) is 1. The monoisotopic (exact) mass is 309 g/mol. The standard InChI is InChI=1S/C13H9ClFN3O3/c1-2-12(19)17-9-5-7(3-4-8(9)15)16-13(20)10-6-11(14)18-21-10/h2-6H,1H2,(H,16,20)(H,17,19). The Morgan fingerprint density at radius 1 is 1.33 bits per heavy atom. The zero-order valence-electron chi connectivity index (χ0n) is 10.5. The van der Waals surface area contributed by atoms with Crippen LogP contribution in [0.1, 0.15) is 10.6 Å². The SMILES string of the molecule is C=CC(=O)Nc1cc(NC(=O)c2cc(Cl)no2)ccc1F. The average molecular weight is 310 g/mol. The molecule has 0 spiro atoms. The quantitative estimate of drug-likeness (QED) is 0.851. The van der Waals surface area contributed by atoms with Crippen LogP contribution in [-0.4, -0.2) is 17.0 Å². The summed E-state index contributed by atoms with van der Waals surface area (Å²) in [7, 11) is 0. The molecular formula is C13H9ClFN3O3. The number of hydrogen-bond acceptors (Lipinski definition) is 4. The van der Waals surface area contributed by atoms with Crippen LogP contribution >= 0.6 is 11.6 Å². The molecule has 1 heterocycles. The number of anilines is 2. The van der Waals surface area contributed by atoms with Gasteiger partial charge in [0.2, 0.25) is 11.7 Å². The van der Waals surface area contributed by atoms with Crippen molar-refractivity contribution in [3.05, 3.63) is 53.7 Å². The summed E-state index contributed by atoms with van der Waals surface area (Å²) < 4.78 is 18.2. The van der Waals surface area contributed by atoms with Gasteiger partial charge in [0.1, 0.15) is 5.82 Å². The molecule has 0 aliphatic rings. The van der Waals surface area contributed by atoms with Crippen LogP contribution in [0, 0.1) is 5.82 Å². The average Bonchev–Trinajstić information content (AvgIpc) is 2.89. The fraction of sp³-hybridized carbons (Fsp3) is 0. The lowest BCUT2D eigenvalue weighted by atomic mass is 10.2. The van der Waals surface area contributed by atoms with Crippen molar-refractivity contribution in [1.82, 2.24) is 5.16 Å². The number of amides is 2. The third-order valence-corrected chi connectivity index (χ3v) is 2.55. The first-order valence-corrected chi connectivity index (χ1v) is 6.04. The van der Waals surface area contributed by atoms with Crippen LogP contribution in [0.25, 0.3) is 0 Å². The highest BCUT2D eigenvalue weighted by Crippen LogP contribution is 2.20. The molecule has 0 radical (unpaired) electrons. The molecule has 2 amide bonds. The molecule has 108 valence electrons. The second-order valence-electron chi connectivity index (χ2n) is 3.86. The number of rotatable bonds is 4. The molecule has 0 aliphatic heterocycles. The van der Waals surface area contributed by atoms with Gasteiger partial charge in [0.25, 0.3) is 5.91 Å². The van der Waals surface area contributed by atoms with Crippen LogP contribution in [0.4, 0.5) is 15.8 Å². The number of nitrogens with one attached hydrogen (secondary N) is 2. The Kier molecular flexibility index (Phi) is 4.34. The summed E-state index contributed by atoms with van der Waals surface area (Å²) in [5, 5.41) is 8.14. The van der Waals surface area contributed by atoms with Crippen molar-refractivity contribution in [3.63, 3.8) is 0 Å². The van der Waals surface area contributed by atoms with E-state index in [1.165, 1.54) is 18.2 Å². The Hall–Kier alpha value is -2.67. The summed E-state index contributed by atoms with van der Waals surface area (Å²) in [6.07, 6.45) is 1.00. The first-order valence-electron chi connectivity index (χ1n) is 5.66. The highest BCUT2D eigenvalue weighted by atomic mass is 35.5. The topological polar surface area (TPSA) is 84.2 Å². The van der Waals surface area contributed by atoms with Crippen molar-refractivity contribution >= 4 is 34.8 Å². The van der Waals surface area contributed by atoms with Crippen molar-refractivity contribution < 1.29 is 18.5 Å². The summed E-state index contributed by atoms with van der Waals surface area (Å²) in [6, 6.07) is 4.92. The van der Waals surface area contributed by atoms with Gasteiger partial charge in [-0.2, -0.15) is 0 Å². The molecule has 2 aromatic rings. The third-order valence-electron chi connectivity index (χ3n) is 2.37. The largest absolute Gasteiger partial charge is 0.349 e. The minimum Gasteiger partial charge on any atom is -0.349 e. The number of aromatic nitrogens is 1. The predicted molar refractivity (Wildman–Crippen MR) is 74.7 cm³/mol. The van der Waals surface area contributed by atoms with Crippen LogP contribution < -0.4 is 10.6 Å². The first kappa shape index (κ1) is 14.7. The second kappa shape index (κ2) is 6.19. The van der Waals surface area contributed by atoms with Crippen molar-refractivity contribution in [2.75, 3.05) is 10.6 Å². The number of benzene rings is 1. The molecule has 0 unspecified atom stereocenters. The molecule has 2 rings (SSSR count). The van der Waals surface area contributed by atoms with Crippen LogP contribution in [0.15, 0.2) is 41.4 Å². The summed E-state index contributed by atoms with van der Waals surface area (Å²) in [6.45, 7) is 3.26. The van der Waals surface area contributed by atoms with E-state index >= 15 is 0 Å². The molecule has 1 aromatic carbocycles. The summed E-state index contributed by atoms with van der Waals surface area (Å²) in [5.41, 5.74) is 0.168. The number of halogens is 2. The van der Waals surface area contributed by atoms with Gasteiger partial charge < -0.3 is 15.2 Å². The van der Waals surface area contributed by atoms with E-state index in [-0.39, 0.29) is 22.3 Å². The Labute approximate surface area is 123 Å². The van der Waals surface area contributed by atoms with Gasteiger partial charge in [-0.05, 0) is 24.3 Å². The number of carbonyl (C=O) groups excluding carboxylic acids is 2. The molecule has 0 saturated heterocycles. The van der Waals surface area contributed by atoms with Crippen LogP contribution in [0.5, 0.6) is 0 Å². The van der Waals surface area contributed by atoms with Crippen molar-refractivity contribution in [2.24, 2.45) is 0 Å². The third kappa shape index (κ3) is 3.67. The van der Waals surface area contributed by atoms with E-state index in [0.29, 0.717) is 0 Å². The zero-order chi connectivity index (χ0) is 15.4. The lowest BCUT2D eigenvalue weighted by molar-refractivity contribution is -0.111. The molecule has 0 aliphatic carbocycles. The number of carbonyl (C=O) groups is 2. The maximum atomic E-state index is 13.5. The molecule has 0 saturated carbocycles. The molecule has 0 bridgehead atoms. The fourth-order valence-corrected chi connectivity index (χ4v) is 1.57. The van der Waals surface area contributed by atoms with Gasteiger partial charge in [0.05, 0.1) is 5.69 Å². The van der Waals surface area contributed by atoms with Crippen molar-refractivity contribution in [2.45, 2.75) is 0 Å². The predicted octanol–water partition coefficient (Wildman–Crippen LogP) is 2.84. The van der Waals surface area contributed by atoms with Gasteiger partial charge in [-0.25, -0.2) is 4.39 Å². The van der Waals surface area contributed by atoms with E-state index in [2.05, 4.69) is 26.9 Å². The first-order chi connectivity index (χ1) is 9.99. The molecular weight excluding hydrogens is 301 g/mol. The Balaban J connectivity index is 2.17. The maximum Gasteiger partial charge on any atom is 0.294 e. The van der Waals surface area contributed by atoms with E-state index in [9.17, 15) is 14.0 Å². The Morgan fingerprint density at radius 2 is 2.10 bits per heavy atom. The lowest BCUT2D eigenvalue weighted by Crippen LogP contribution is -2.13. The van der Waals surface area contributed by atoms with Gasteiger partial charge in [0, 0.05) is 11.8 Å². The molecule has 8 heteroatoms. The second-order valence-corrected chi connectivity index (χ2v) is 4.24. The highest BCUT2D eigenvalue weighted by Gasteiger charge is 2.13. The maximum absolute atomic E-state index is 13.5. The summed E-state index contributed by atoms with van der Waals surface area (Å²) in [5.74, 6) is -1.92. The number of hydrogen-bond donors (Lipinski definition) is 2. The minimum atomic E-state index is -0.647. The van der Waals surface area contributed by atoms with Crippen LogP contribution in [-0.2, 0) is 4.79 Å². The minimum absolute atomic E-state index is 0.0400. The van der Waals surface area contributed by atoms with Gasteiger partial charge >= 0.3 is 0 Å². The lowest BCUT2D eigenvalue weighted by Gasteiger charge is -2.07. The molecule has 6 nitrogen and oxygen atoms in total. The highest BCUT2D eigenvalue weighted by molar-refractivity contribution is 6.29.